The van der Waals surface area contributed by atoms with Crippen LogP contribution in [0, 0.1) is 0 Å². The fourth-order valence-corrected chi connectivity index (χ4v) is 1.44. The highest BCUT2D eigenvalue weighted by atomic mass is 32.2. The minimum absolute atomic E-state index is 0.487. The molecule has 0 radical (unpaired) electrons. The van der Waals surface area contributed by atoms with Crippen molar-refractivity contribution in [2.24, 2.45) is 4.40 Å². The van der Waals surface area contributed by atoms with Gasteiger partial charge in [-0.1, -0.05) is 6.08 Å². The Balaban J connectivity index is 2.85. The summed E-state index contributed by atoms with van der Waals surface area (Å²) < 4.78 is 17.4. The molecule has 66 valence electrons. The molecule has 0 fully saturated rings. The monoisotopic (exact) mass is 185 g/mol. The lowest BCUT2D eigenvalue weighted by Crippen LogP contribution is -2.23. The van der Waals surface area contributed by atoms with E-state index in [1.54, 1.807) is 6.08 Å². The molecular formula is C9H12FNS. The summed E-state index contributed by atoms with van der Waals surface area (Å²) in [7, 11) is 0. The second-order valence-electron chi connectivity index (χ2n) is 3.25. The van der Waals surface area contributed by atoms with Gasteiger partial charge in [0.15, 0.2) is 0 Å². The van der Waals surface area contributed by atoms with E-state index in [1.165, 1.54) is 25.8 Å². The molecule has 3 heteroatoms. The van der Waals surface area contributed by atoms with Crippen molar-refractivity contribution in [3.05, 3.63) is 23.1 Å². The minimum atomic E-state index is -1.35. The molecule has 1 aliphatic heterocycles. The first-order valence-electron chi connectivity index (χ1n) is 3.78. The molecule has 12 heavy (non-hydrogen) atoms. The van der Waals surface area contributed by atoms with Gasteiger partial charge in [-0.3, -0.25) is 0 Å². The molecule has 0 bridgehead atoms. The Morgan fingerprint density at radius 3 is 2.67 bits per heavy atom. The molecule has 0 aromatic rings. The molecule has 0 spiro atoms. The summed E-state index contributed by atoms with van der Waals surface area (Å²) in [5, 5.41) is 1.90. The van der Waals surface area contributed by atoms with Crippen LogP contribution in [0.4, 0.5) is 4.39 Å². The van der Waals surface area contributed by atoms with Gasteiger partial charge >= 0.3 is 0 Å². The molecule has 0 atom stereocenters. The van der Waals surface area contributed by atoms with Gasteiger partial charge in [0.2, 0.25) is 0 Å². The van der Waals surface area contributed by atoms with Crippen molar-refractivity contribution in [2.75, 3.05) is 0 Å². The van der Waals surface area contributed by atoms with Gasteiger partial charge in [-0.25, -0.2) is 8.79 Å². The molecule has 0 aromatic carbocycles. The Morgan fingerprint density at radius 2 is 2.08 bits per heavy atom. The summed E-state index contributed by atoms with van der Waals surface area (Å²) in [4.78, 5) is 0. The normalized spacial score (nSPS) is 18.3. The Labute approximate surface area is 76.6 Å². The number of nitrogens with zero attached hydrogens (tertiary/aromatic N) is 1. The number of allylic oxidation sites excluding steroid dienone is 3. The predicted octanol–water partition coefficient (Wildman–Crippen LogP) is 3.30. The van der Waals surface area contributed by atoms with Gasteiger partial charge < -0.3 is 0 Å². The smallest absolute Gasteiger partial charge is 0.147 e. The van der Waals surface area contributed by atoms with Crippen LogP contribution in [0.5, 0.6) is 0 Å². The number of hydrogen-bond acceptors (Lipinski definition) is 2. The Bertz CT molecular complexity index is 258. The Hall–Kier alpha value is -0.570. The van der Waals surface area contributed by atoms with E-state index in [0.29, 0.717) is 5.71 Å². The quantitative estimate of drug-likeness (QED) is 0.571. The van der Waals surface area contributed by atoms with Gasteiger partial charge in [0.25, 0.3) is 0 Å². The first-order valence-corrected chi connectivity index (χ1v) is 4.62. The maximum atomic E-state index is 13.4. The molecule has 0 saturated heterocycles. The summed E-state index contributed by atoms with van der Waals surface area (Å²) >= 11 is 1.28. The molecule has 0 amide bonds. The van der Waals surface area contributed by atoms with Crippen molar-refractivity contribution in [3.8, 4) is 0 Å². The van der Waals surface area contributed by atoms with Crippen LogP contribution in [0.2, 0.25) is 0 Å². The molecular weight excluding hydrogens is 173 g/mol. The van der Waals surface area contributed by atoms with Crippen LogP contribution in [0.1, 0.15) is 20.8 Å². The summed E-state index contributed by atoms with van der Waals surface area (Å²) in [5.74, 6) is 0. The van der Waals surface area contributed by atoms with E-state index in [4.69, 9.17) is 0 Å². The number of halogens is 1. The highest BCUT2D eigenvalue weighted by Crippen LogP contribution is 2.21. The first-order chi connectivity index (χ1) is 5.50. The highest BCUT2D eigenvalue weighted by Gasteiger charge is 2.22. The van der Waals surface area contributed by atoms with Gasteiger partial charge in [-0.05, 0) is 37.8 Å². The van der Waals surface area contributed by atoms with Crippen LogP contribution in [0.15, 0.2) is 27.5 Å². The van der Waals surface area contributed by atoms with Crippen LogP contribution in [-0.4, -0.2) is 11.4 Å². The zero-order valence-corrected chi connectivity index (χ0v) is 8.28. The third-order valence-corrected chi connectivity index (χ3v) is 2.28. The molecule has 0 unspecified atom stereocenters. The van der Waals surface area contributed by atoms with E-state index in [2.05, 4.69) is 4.40 Å². The van der Waals surface area contributed by atoms with E-state index in [9.17, 15) is 4.39 Å². The van der Waals surface area contributed by atoms with Crippen LogP contribution in [0.3, 0.4) is 0 Å². The first kappa shape index (κ1) is 9.52. The fourth-order valence-electron chi connectivity index (χ4n) is 0.753. The van der Waals surface area contributed by atoms with Crippen LogP contribution in [0.25, 0.3) is 0 Å². The van der Waals surface area contributed by atoms with Crippen LogP contribution < -0.4 is 0 Å². The van der Waals surface area contributed by atoms with Crippen molar-refractivity contribution in [1.82, 2.24) is 0 Å². The van der Waals surface area contributed by atoms with Crippen molar-refractivity contribution in [3.63, 3.8) is 0 Å². The van der Waals surface area contributed by atoms with Gasteiger partial charge in [-0.15, -0.1) is 0 Å². The number of hydrogen-bond donors (Lipinski definition) is 0. The van der Waals surface area contributed by atoms with Gasteiger partial charge in [-0.2, -0.15) is 0 Å². The molecule has 1 aliphatic rings. The molecule has 0 N–H and O–H groups in total. The maximum Gasteiger partial charge on any atom is 0.147 e. The van der Waals surface area contributed by atoms with Crippen molar-refractivity contribution >= 4 is 17.7 Å². The number of alkyl halides is 1. The SMILES string of the molecule is CC1=CSN=C(C(C)(C)F)C=C1. The van der Waals surface area contributed by atoms with Crippen molar-refractivity contribution in [2.45, 2.75) is 26.4 Å². The molecule has 1 heterocycles. The lowest BCUT2D eigenvalue weighted by Gasteiger charge is -2.12. The molecule has 0 aromatic heterocycles. The summed E-state index contributed by atoms with van der Waals surface area (Å²) in [5.41, 5.74) is 0.241. The third-order valence-electron chi connectivity index (χ3n) is 1.50. The molecule has 1 rings (SSSR count). The zero-order valence-electron chi connectivity index (χ0n) is 7.47. The minimum Gasteiger partial charge on any atom is -0.238 e. The molecule has 0 saturated carbocycles. The lowest BCUT2D eigenvalue weighted by molar-refractivity contribution is 0.315. The fraction of sp³-hybridized carbons (Fsp3) is 0.444. The standard InChI is InChI=1S/C9H12FNS/c1-7-4-5-8(9(2,3)10)11-12-6-7/h4-6H,1-3H3. The van der Waals surface area contributed by atoms with E-state index in [-0.39, 0.29) is 0 Å². The second kappa shape index (κ2) is 3.44. The zero-order chi connectivity index (χ0) is 9.19. The largest absolute Gasteiger partial charge is 0.238 e. The summed E-state index contributed by atoms with van der Waals surface area (Å²) in [6, 6.07) is 0. The number of rotatable bonds is 1. The van der Waals surface area contributed by atoms with Crippen LogP contribution in [-0.2, 0) is 0 Å². The van der Waals surface area contributed by atoms with Gasteiger partial charge in [0, 0.05) is 11.9 Å². The molecule has 0 aliphatic carbocycles. The topological polar surface area (TPSA) is 12.4 Å². The summed E-state index contributed by atoms with van der Waals surface area (Å²) in [6.07, 6.45) is 3.60. The Kier molecular flexibility index (Phi) is 2.73. The van der Waals surface area contributed by atoms with Crippen molar-refractivity contribution in [1.29, 1.82) is 0 Å². The average molecular weight is 185 g/mol. The van der Waals surface area contributed by atoms with Gasteiger partial charge in [0.1, 0.15) is 5.67 Å². The van der Waals surface area contributed by atoms with E-state index < -0.39 is 5.67 Å². The van der Waals surface area contributed by atoms with Crippen molar-refractivity contribution < 1.29 is 4.39 Å². The van der Waals surface area contributed by atoms with Gasteiger partial charge in [0.05, 0.1) is 5.71 Å². The van der Waals surface area contributed by atoms with E-state index in [0.717, 1.165) is 5.57 Å². The summed E-state index contributed by atoms with van der Waals surface area (Å²) in [6.45, 7) is 4.99. The average Bonchev–Trinajstić information content (AvgIpc) is 2.11. The maximum absolute atomic E-state index is 13.4. The second-order valence-corrected chi connectivity index (χ2v) is 3.88. The lowest BCUT2D eigenvalue weighted by atomic mass is 10.0. The van der Waals surface area contributed by atoms with E-state index >= 15 is 0 Å². The van der Waals surface area contributed by atoms with Crippen LogP contribution >= 0.6 is 11.9 Å². The third kappa shape index (κ3) is 2.48. The highest BCUT2D eigenvalue weighted by molar-refractivity contribution is 8.01. The predicted molar refractivity (Wildman–Crippen MR) is 53.1 cm³/mol. The van der Waals surface area contributed by atoms with E-state index in [1.807, 2.05) is 18.4 Å². The Morgan fingerprint density at radius 1 is 1.42 bits per heavy atom. The molecule has 1 nitrogen and oxygen atoms in total.